The Hall–Kier alpha value is -3.07. The first-order valence-corrected chi connectivity index (χ1v) is 15.3. The van der Waals surface area contributed by atoms with Crippen LogP contribution in [0.25, 0.3) is 0 Å². The Morgan fingerprint density at radius 3 is 2.30 bits per heavy atom. The first-order chi connectivity index (χ1) is 18.9. The molecule has 3 aromatic rings. The van der Waals surface area contributed by atoms with Gasteiger partial charge in [-0.15, -0.1) is 0 Å². The summed E-state index contributed by atoms with van der Waals surface area (Å²) < 4.78 is 28.8. The number of halogens is 2. The van der Waals surface area contributed by atoms with Crippen LogP contribution in [0.4, 0.5) is 5.69 Å². The molecule has 1 N–H and O–H groups in total. The van der Waals surface area contributed by atoms with Gasteiger partial charge < -0.3 is 10.2 Å². The first-order valence-electron chi connectivity index (χ1n) is 13.1. The van der Waals surface area contributed by atoms with E-state index in [0.29, 0.717) is 6.54 Å². The van der Waals surface area contributed by atoms with Crippen LogP contribution >= 0.6 is 23.2 Å². The number of benzene rings is 3. The third-order valence-electron chi connectivity index (χ3n) is 6.66. The normalized spacial score (nSPS) is 12.1. The van der Waals surface area contributed by atoms with Gasteiger partial charge in [0.1, 0.15) is 12.6 Å². The van der Waals surface area contributed by atoms with Gasteiger partial charge in [0.25, 0.3) is 10.0 Å². The second-order valence-electron chi connectivity index (χ2n) is 9.69. The number of carbonyl (C=O) groups excluding carboxylic acids is 2. The zero-order chi connectivity index (χ0) is 29.4. The van der Waals surface area contributed by atoms with E-state index in [2.05, 4.69) is 5.32 Å². The fourth-order valence-corrected chi connectivity index (χ4v) is 5.98. The molecule has 0 bridgehead atoms. The third-order valence-corrected chi connectivity index (χ3v) is 8.99. The van der Waals surface area contributed by atoms with Crippen molar-refractivity contribution in [1.82, 2.24) is 10.2 Å². The van der Waals surface area contributed by atoms with Crippen molar-refractivity contribution in [3.63, 3.8) is 0 Å². The summed E-state index contributed by atoms with van der Waals surface area (Å²) in [5.41, 5.74) is 2.74. The maximum absolute atomic E-state index is 14.0. The summed E-state index contributed by atoms with van der Waals surface area (Å²) in [4.78, 5) is 28.5. The number of rotatable bonds is 12. The number of carbonyl (C=O) groups is 2. The van der Waals surface area contributed by atoms with Crippen LogP contribution in [-0.2, 0) is 26.2 Å². The molecule has 0 saturated heterocycles. The van der Waals surface area contributed by atoms with E-state index in [1.807, 2.05) is 45.0 Å². The van der Waals surface area contributed by atoms with Crippen molar-refractivity contribution < 1.29 is 18.0 Å². The predicted octanol–water partition coefficient (Wildman–Crippen LogP) is 6.14. The molecule has 0 heterocycles. The molecule has 0 aliphatic rings. The second-order valence-corrected chi connectivity index (χ2v) is 12.4. The van der Waals surface area contributed by atoms with Gasteiger partial charge in [-0.3, -0.25) is 13.9 Å². The molecule has 0 radical (unpaired) electrons. The highest BCUT2D eigenvalue weighted by molar-refractivity contribution is 7.92. The molecule has 0 aromatic heterocycles. The Kier molecular flexibility index (Phi) is 11.0. The lowest BCUT2D eigenvalue weighted by Crippen LogP contribution is -2.51. The largest absolute Gasteiger partial charge is 0.354 e. The fourth-order valence-electron chi connectivity index (χ4n) is 4.12. The number of hydrogen-bond acceptors (Lipinski definition) is 4. The predicted molar refractivity (Wildman–Crippen MR) is 161 cm³/mol. The maximum atomic E-state index is 14.0. The van der Waals surface area contributed by atoms with Crippen molar-refractivity contribution in [3.05, 3.63) is 93.5 Å². The highest BCUT2D eigenvalue weighted by atomic mass is 35.5. The maximum Gasteiger partial charge on any atom is 0.264 e. The first kappa shape index (κ1) is 31.5. The number of nitrogens with zero attached hydrogens (tertiary/aromatic N) is 2. The molecule has 10 heteroatoms. The second kappa shape index (κ2) is 14.0. The fraction of sp³-hybridized carbons (Fsp3) is 0.333. The molecule has 7 nitrogen and oxygen atoms in total. The van der Waals surface area contributed by atoms with Gasteiger partial charge in [0.15, 0.2) is 0 Å². The van der Waals surface area contributed by atoms with E-state index < -0.39 is 28.5 Å². The average molecular weight is 605 g/mol. The molecule has 214 valence electrons. The Bertz CT molecular complexity index is 1450. The number of unbranched alkanes of at least 4 members (excludes halogenated alkanes) is 1. The van der Waals surface area contributed by atoms with Gasteiger partial charge in [-0.05, 0) is 68.7 Å². The highest BCUT2D eigenvalue weighted by Gasteiger charge is 2.33. The molecule has 3 rings (SSSR count). The summed E-state index contributed by atoms with van der Waals surface area (Å²) in [5.74, 6) is -0.878. The Morgan fingerprint density at radius 1 is 0.975 bits per heavy atom. The van der Waals surface area contributed by atoms with Crippen molar-refractivity contribution in [1.29, 1.82) is 0 Å². The van der Waals surface area contributed by atoms with E-state index in [4.69, 9.17) is 23.2 Å². The van der Waals surface area contributed by atoms with Crippen LogP contribution in [0.3, 0.4) is 0 Å². The summed E-state index contributed by atoms with van der Waals surface area (Å²) in [6, 6.07) is 17.5. The minimum atomic E-state index is -4.24. The zero-order valence-electron chi connectivity index (χ0n) is 23.2. The smallest absolute Gasteiger partial charge is 0.264 e. The molecule has 0 saturated carbocycles. The summed E-state index contributed by atoms with van der Waals surface area (Å²) in [7, 11) is -4.24. The van der Waals surface area contributed by atoms with Gasteiger partial charge >= 0.3 is 0 Å². The van der Waals surface area contributed by atoms with Gasteiger partial charge in [-0.2, -0.15) is 0 Å². The van der Waals surface area contributed by atoms with Crippen molar-refractivity contribution >= 4 is 50.7 Å². The topological polar surface area (TPSA) is 86.8 Å². The van der Waals surface area contributed by atoms with Gasteiger partial charge in [0.2, 0.25) is 11.8 Å². The lowest BCUT2D eigenvalue weighted by atomic mass is 10.1. The SMILES string of the molecule is CCCCNC(=O)C(C)N(Cc1ccccc1C)C(=O)CN(c1cc(Cl)ccc1Cl)S(=O)(=O)c1ccc(C)cc1. The number of nitrogens with one attached hydrogen (secondary N) is 1. The van der Waals surface area contributed by atoms with E-state index in [0.717, 1.165) is 33.8 Å². The van der Waals surface area contributed by atoms with Crippen molar-refractivity contribution in [2.45, 2.75) is 58.0 Å². The molecule has 0 aliphatic carbocycles. The van der Waals surface area contributed by atoms with Gasteiger partial charge in [0, 0.05) is 18.1 Å². The monoisotopic (exact) mass is 603 g/mol. The van der Waals surface area contributed by atoms with Crippen LogP contribution in [0.2, 0.25) is 10.0 Å². The van der Waals surface area contributed by atoms with E-state index in [1.165, 1.54) is 29.2 Å². The van der Waals surface area contributed by atoms with Crippen LogP contribution < -0.4 is 9.62 Å². The Balaban J connectivity index is 2.05. The summed E-state index contributed by atoms with van der Waals surface area (Å²) in [6.45, 7) is 7.45. The van der Waals surface area contributed by atoms with Crippen LogP contribution in [-0.4, -0.2) is 44.3 Å². The van der Waals surface area contributed by atoms with Crippen LogP contribution in [0.1, 0.15) is 43.4 Å². The third kappa shape index (κ3) is 7.77. The lowest BCUT2D eigenvalue weighted by Gasteiger charge is -2.32. The van der Waals surface area contributed by atoms with Gasteiger partial charge in [-0.25, -0.2) is 8.42 Å². The van der Waals surface area contributed by atoms with E-state index >= 15 is 0 Å². The molecule has 3 aromatic carbocycles. The van der Waals surface area contributed by atoms with Crippen LogP contribution in [0.15, 0.2) is 71.6 Å². The summed E-state index contributed by atoms with van der Waals surface area (Å²) in [6.07, 6.45) is 1.72. The molecular weight excluding hydrogens is 569 g/mol. The number of aryl methyl sites for hydroxylation is 2. The number of hydrogen-bond donors (Lipinski definition) is 1. The van der Waals surface area contributed by atoms with Crippen molar-refractivity contribution in [2.75, 3.05) is 17.4 Å². The molecule has 0 fully saturated rings. The summed E-state index contributed by atoms with van der Waals surface area (Å²) in [5, 5.41) is 3.25. The molecule has 0 aliphatic heterocycles. The van der Waals surface area contributed by atoms with E-state index in [9.17, 15) is 18.0 Å². The number of amides is 2. The number of sulfonamides is 1. The van der Waals surface area contributed by atoms with Gasteiger partial charge in [0.05, 0.1) is 15.6 Å². The highest BCUT2D eigenvalue weighted by Crippen LogP contribution is 2.33. The Morgan fingerprint density at radius 2 is 1.65 bits per heavy atom. The van der Waals surface area contributed by atoms with E-state index in [1.54, 1.807) is 25.1 Å². The zero-order valence-corrected chi connectivity index (χ0v) is 25.5. The molecule has 0 spiro atoms. The quantitative estimate of drug-likeness (QED) is 0.252. The average Bonchev–Trinajstić information content (AvgIpc) is 2.92. The molecule has 1 unspecified atom stereocenters. The van der Waals surface area contributed by atoms with Gasteiger partial charge in [-0.1, -0.05) is 78.5 Å². The van der Waals surface area contributed by atoms with Crippen LogP contribution in [0, 0.1) is 13.8 Å². The molecular formula is C30H35Cl2N3O4S. The van der Waals surface area contributed by atoms with Crippen molar-refractivity contribution in [2.24, 2.45) is 0 Å². The minimum absolute atomic E-state index is 0.00208. The molecule has 2 amide bonds. The lowest BCUT2D eigenvalue weighted by molar-refractivity contribution is -0.139. The Labute approximate surface area is 247 Å². The minimum Gasteiger partial charge on any atom is -0.354 e. The van der Waals surface area contributed by atoms with E-state index in [-0.39, 0.29) is 33.1 Å². The summed E-state index contributed by atoms with van der Waals surface area (Å²) >= 11 is 12.7. The molecule has 1 atom stereocenters. The molecule has 40 heavy (non-hydrogen) atoms. The number of anilines is 1. The van der Waals surface area contributed by atoms with Crippen molar-refractivity contribution in [3.8, 4) is 0 Å². The van der Waals surface area contributed by atoms with Crippen LogP contribution in [0.5, 0.6) is 0 Å². The standard InChI is InChI=1S/C30H35Cl2N3O4S/c1-5-6-17-33-30(37)23(4)34(19-24-10-8-7-9-22(24)3)29(36)20-35(28-18-25(31)13-16-27(28)32)40(38,39)26-14-11-21(2)12-15-26/h7-16,18,23H,5-6,17,19-20H2,1-4H3,(H,33,37).